The van der Waals surface area contributed by atoms with Crippen molar-refractivity contribution in [3.05, 3.63) is 46.0 Å². The molecule has 2 atom stereocenters. The zero-order valence-corrected chi connectivity index (χ0v) is 17.6. The molecule has 0 N–H and O–H groups in total. The summed E-state index contributed by atoms with van der Waals surface area (Å²) < 4.78 is 0. The van der Waals surface area contributed by atoms with Gasteiger partial charge < -0.3 is 0 Å². The summed E-state index contributed by atoms with van der Waals surface area (Å²) in [5.41, 5.74) is 2.18. The summed E-state index contributed by atoms with van der Waals surface area (Å²) >= 11 is 0. The van der Waals surface area contributed by atoms with E-state index in [0.29, 0.717) is 10.8 Å². The molecule has 2 aliphatic carbocycles. The summed E-state index contributed by atoms with van der Waals surface area (Å²) in [5, 5.41) is 10.8. The van der Waals surface area contributed by atoms with Crippen LogP contribution < -0.4 is 0 Å². The van der Waals surface area contributed by atoms with Crippen molar-refractivity contribution >= 4 is 11.8 Å². The average Bonchev–Trinajstić information content (AvgIpc) is 3.42. The van der Waals surface area contributed by atoms with Gasteiger partial charge in [-0.2, -0.15) is 0 Å². The van der Waals surface area contributed by atoms with E-state index in [2.05, 4.69) is 28.9 Å². The third kappa shape index (κ3) is 3.42. The highest BCUT2D eigenvalue weighted by Crippen LogP contribution is 2.62. The lowest BCUT2D eigenvalue weighted by Crippen LogP contribution is -2.68. The Kier molecular flexibility index (Phi) is 4.78. The maximum atomic E-state index is 10.8. The van der Waals surface area contributed by atoms with Gasteiger partial charge in [0.25, 0.3) is 5.69 Å². The Morgan fingerprint density at radius 2 is 1.86 bits per heavy atom. The van der Waals surface area contributed by atoms with Gasteiger partial charge in [-0.3, -0.25) is 19.9 Å². The van der Waals surface area contributed by atoms with E-state index < -0.39 is 0 Å². The predicted molar refractivity (Wildman–Crippen MR) is 116 cm³/mol. The molecule has 1 spiro atoms. The molecule has 2 aliphatic heterocycles. The van der Waals surface area contributed by atoms with Crippen molar-refractivity contribution in [2.75, 3.05) is 32.7 Å². The first-order chi connectivity index (χ1) is 14.0. The number of nitro benzene ring substituents is 1. The van der Waals surface area contributed by atoms with Crippen molar-refractivity contribution in [2.45, 2.75) is 51.5 Å². The summed E-state index contributed by atoms with van der Waals surface area (Å²) in [4.78, 5) is 16.0. The summed E-state index contributed by atoms with van der Waals surface area (Å²) in [6.45, 7) is 8.59. The summed E-state index contributed by atoms with van der Waals surface area (Å²) in [5.74, 6) is 0.811. The number of likely N-dealkylation sites (tertiary alicyclic amines) is 2. The monoisotopic (exact) mass is 395 g/mol. The molecule has 2 saturated heterocycles. The van der Waals surface area contributed by atoms with Gasteiger partial charge in [0.2, 0.25) is 0 Å². The SMILES string of the molecule is CC12CN(CC=Cc3ccc([N+](=O)[O-])cc3)CC(CN(C3CC3)C1)C21CCCC1. The van der Waals surface area contributed by atoms with E-state index in [1.54, 1.807) is 12.1 Å². The lowest BCUT2D eigenvalue weighted by molar-refractivity contribution is -0.384. The van der Waals surface area contributed by atoms with Crippen LogP contribution in [0.4, 0.5) is 5.69 Å². The minimum atomic E-state index is -0.343. The highest BCUT2D eigenvalue weighted by Gasteiger charge is 2.61. The first kappa shape index (κ1) is 19.3. The Bertz CT molecular complexity index is 795. The number of hydrogen-bond acceptors (Lipinski definition) is 4. The molecule has 4 aliphatic rings. The minimum Gasteiger partial charge on any atom is -0.299 e. The Hall–Kier alpha value is -1.72. The lowest BCUT2D eigenvalue weighted by atomic mass is 9.52. The number of piperidine rings is 2. The number of hydrogen-bond donors (Lipinski definition) is 0. The van der Waals surface area contributed by atoms with Gasteiger partial charge in [0.05, 0.1) is 4.92 Å². The maximum absolute atomic E-state index is 10.8. The van der Waals surface area contributed by atoms with Gasteiger partial charge in [-0.15, -0.1) is 0 Å². The van der Waals surface area contributed by atoms with Crippen molar-refractivity contribution < 1.29 is 4.92 Å². The normalized spacial score (nSPS) is 32.2. The zero-order chi connectivity index (χ0) is 20.1. The molecule has 2 heterocycles. The molecule has 0 radical (unpaired) electrons. The van der Waals surface area contributed by atoms with Gasteiger partial charge in [0.1, 0.15) is 0 Å². The fourth-order valence-electron chi connectivity index (χ4n) is 6.85. The van der Waals surface area contributed by atoms with E-state index in [4.69, 9.17) is 0 Å². The zero-order valence-electron chi connectivity index (χ0n) is 17.6. The topological polar surface area (TPSA) is 49.6 Å². The van der Waals surface area contributed by atoms with Gasteiger partial charge in [-0.25, -0.2) is 0 Å². The van der Waals surface area contributed by atoms with Crippen molar-refractivity contribution in [2.24, 2.45) is 16.7 Å². The van der Waals surface area contributed by atoms with Crippen LogP contribution in [0.3, 0.4) is 0 Å². The molecule has 1 aromatic carbocycles. The van der Waals surface area contributed by atoms with Crippen LogP contribution in [-0.2, 0) is 0 Å². The first-order valence-electron chi connectivity index (χ1n) is 11.4. The van der Waals surface area contributed by atoms with Crippen LogP contribution in [0.25, 0.3) is 6.08 Å². The van der Waals surface area contributed by atoms with Gasteiger partial charge in [-0.1, -0.05) is 31.9 Å². The highest BCUT2D eigenvalue weighted by molar-refractivity contribution is 5.51. The molecule has 2 bridgehead atoms. The fraction of sp³-hybridized carbons (Fsp3) is 0.667. The van der Waals surface area contributed by atoms with E-state index in [1.165, 1.54) is 64.7 Å². The van der Waals surface area contributed by atoms with Crippen molar-refractivity contribution in [3.8, 4) is 0 Å². The second kappa shape index (κ2) is 7.21. The lowest BCUT2D eigenvalue weighted by Gasteiger charge is -2.63. The molecule has 2 unspecified atom stereocenters. The fourth-order valence-corrected chi connectivity index (χ4v) is 6.85. The van der Waals surface area contributed by atoms with E-state index in [1.807, 2.05) is 12.1 Å². The molecule has 2 saturated carbocycles. The van der Waals surface area contributed by atoms with E-state index in [9.17, 15) is 10.1 Å². The molecule has 1 aromatic rings. The predicted octanol–water partition coefficient (Wildman–Crippen LogP) is 4.58. The smallest absolute Gasteiger partial charge is 0.269 e. The van der Waals surface area contributed by atoms with E-state index in [-0.39, 0.29) is 10.6 Å². The second-order valence-corrected chi connectivity index (χ2v) is 10.2. The van der Waals surface area contributed by atoms with Crippen LogP contribution in [0.2, 0.25) is 0 Å². The Labute approximate surface area is 173 Å². The van der Waals surface area contributed by atoms with E-state index in [0.717, 1.165) is 24.1 Å². The largest absolute Gasteiger partial charge is 0.299 e. The Balaban J connectivity index is 1.27. The second-order valence-electron chi connectivity index (χ2n) is 10.2. The van der Waals surface area contributed by atoms with Gasteiger partial charge in [0.15, 0.2) is 0 Å². The highest BCUT2D eigenvalue weighted by atomic mass is 16.6. The first-order valence-corrected chi connectivity index (χ1v) is 11.4. The third-order valence-corrected chi connectivity index (χ3v) is 8.38. The molecule has 0 amide bonds. The number of nitro groups is 1. The molecule has 156 valence electrons. The molecular formula is C24H33N3O2. The average molecular weight is 396 g/mol. The molecule has 4 fully saturated rings. The van der Waals surface area contributed by atoms with Crippen molar-refractivity contribution in [3.63, 3.8) is 0 Å². The molecule has 0 aromatic heterocycles. The van der Waals surface area contributed by atoms with Crippen molar-refractivity contribution in [1.82, 2.24) is 9.80 Å². The Morgan fingerprint density at radius 3 is 2.48 bits per heavy atom. The number of rotatable bonds is 5. The number of nitrogens with zero attached hydrogens (tertiary/aromatic N) is 3. The van der Waals surface area contributed by atoms with Gasteiger partial charge in [-0.05, 0) is 60.1 Å². The molecule has 29 heavy (non-hydrogen) atoms. The van der Waals surface area contributed by atoms with E-state index >= 15 is 0 Å². The standard InChI is InChI=1S/C24H33N3O2/c1-23-17-25(14-4-5-19-6-8-22(9-7-19)27(28)29)15-20(24(23)12-2-3-13-24)16-26(18-23)21-10-11-21/h4-9,20-21H,2-3,10-18H2,1H3. The number of non-ortho nitro benzene ring substituents is 1. The van der Waals surface area contributed by atoms with Gasteiger partial charge in [0, 0.05) is 50.9 Å². The quantitative estimate of drug-likeness (QED) is 0.541. The van der Waals surface area contributed by atoms with Gasteiger partial charge >= 0.3 is 0 Å². The summed E-state index contributed by atoms with van der Waals surface area (Å²) in [7, 11) is 0. The Morgan fingerprint density at radius 1 is 1.14 bits per heavy atom. The minimum absolute atomic E-state index is 0.154. The van der Waals surface area contributed by atoms with Crippen LogP contribution in [0.5, 0.6) is 0 Å². The molecule has 5 heteroatoms. The van der Waals surface area contributed by atoms with Crippen LogP contribution in [0.1, 0.15) is 51.0 Å². The van der Waals surface area contributed by atoms with Crippen LogP contribution in [-0.4, -0.2) is 53.5 Å². The van der Waals surface area contributed by atoms with Crippen LogP contribution in [0, 0.1) is 26.9 Å². The molecular weight excluding hydrogens is 362 g/mol. The maximum Gasteiger partial charge on any atom is 0.269 e. The molecule has 5 nitrogen and oxygen atoms in total. The van der Waals surface area contributed by atoms with Crippen LogP contribution >= 0.6 is 0 Å². The molecule has 5 rings (SSSR count). The van der Waals surface area contributed by atoms with Crippen LogP contribution in [0.15, 0.2) is 30.3 Å². The third-order valence-electron chi connectivity index (χ3n) is 8.38. The van der Waals surface area contributed by atoms with Crippen molar-refractivity contribution in [1.29, 1.82) is 0 Å². The summed E-state index contributed by atoms with van der Waals surface area (Å²) in [6, 6.07) is 7.72. The summed E-state index contributed by atoms with van der Waals surface area (Å²) in [6.07, 6.45) is 12.9. The number of benzene rings is 1.